The summed E-state index contributed by atoms with van der Waals surface area (Å²) in [5, 5.41) is 13.0. The standard InChI is InChI=1S/C18H13N3O/c22-18(14-9-8-12-4-1-2-5-13(12)10-14)20-16-7-3-6-15-11-19-21-17(15)16/h1-11H,(H,19,21)(H,20,22). The molecule has 4 aromatic rings. The summed E-state index contributed by atoms with van der Waals surface area (Å²) in [6.45, 7) is 0. The number of hydrogen-bond donors (Lipinski definition) is 2. The van der Waals surface area contributed by atoms with Gasteiger partial charge in [-0.1, -0.05) is 42.5 Å². The van der Waals surface area contributed by atoms with Crippen molar-refractivity contribution in [1.82, 2.24) is 10.2 Å². The molecule has 106 valence electrons. The first-order chi connectivity index (χ1) is 10.8. The molecule has 1 amide bonds. The Balaban J connectivity index is 1.70. The van der Waals surface area contributed by atoms with E-state index in [2.05, 4.69) is 15.5 Å². The molecule has 4 nitrogen and oxygen atoms in total. The number of nitrogens with one attached hydrogen (secondary N) is 2. The molecular formula is C18H13N3O. The molecule has 0 fully saturated rings. The van der Waals surface area contributed by atoms with Crippen LogP contribution in [0.2, 0.25) is 0 Å². The normalized spacial score (nSPS) is 10.9. The van der Waals surface area contributed by atoms with Crippen LogP contribution in [0.25, 0.3) is 21.7 Å². The number of nitrogens with zero attached hydrogens (tertiary/aromatic N) is 1. The Bertz CT molecular complexity index is 988. The van der Waals surface area contributed by atoms with E-state index in [1.165, 1.54) is 0 Å². The third-order valence-electron chi connectivity index (χ3n) is 3.74. The molecule has 0 bridgehead atoms. The smallest absolute Gasteiger partial charge is 0.255 e. The fraction of sp³-hybridized carbons (Fsp3) is 0. The summed E-state index contributed by atoms with van der Waals surface area (Å²) in [4.78, 5) is 12.5. The minimum Gasteiger partial charge on any atom is -0.320 e. The molecule has 3 aromatic carbocycles. The van der Waals surface area contributed by atoms with E-state index in [0.29, 0.717) is 5.56 Å². The van der Waals surface area contributed by atoms with Gasteiger partial charge in [-0.2, -0.15) is 5.10 Å². The molecule has 22 heavy (non-hydrogen) atoms. The van der Waals surface area contributed by atoms with E-state index < -0.39 is 0 Å². The van der Waals surface area contributed by atoms with Crippen molar-refractivity contribution < 1.29 is 4.79 Å². The topological polar surface area (TPSA) is 57.8 Å². The summed E-state index contributed by atoms with van der Waals surface area (Å²) in [5.41, 5.74) is 2.19. The van der Waals surface area contributed by atoms with E-state index in [1.54, 1.807) is 6.20 Å². The number of carbonyl (C=O) groups excluding carboxylic acids is 1. The highest BCUT2D eigenvalue weighted by atomic mass is 16.1. The number of aromatic nitrogens is 2. The molecule has 4 rings (SSSR count). The minimum absolute atomic E-state index is 0.132. The average molecular weight is 287 g/mol. The molecular weight excluding hydrogens is 274 g/mol. The van der Waals surface area contributed by atoms with Gasteiger partial charge >= 0.3 is 0 Å². The largest absolute Gasteiger partial charge is 0.320 e. The Morgan fingerprint density at radius 1 is 0.909 bits per heavy atom. The Hall–Kier alpha value is -3.14. The Kier molecular flexibility index (Phi) is 2.86. The number of amides is 1. The highest BCUT2D eigenvalue weighted by Crippen LogP contribution is 2.22. The molecule has 0 radical (unpaired) electrons. The van der Waals surface area contributed by atoms with Crippen LogP contribution in [-0.4, -0.2) is 16.1 Å². The molecule has 0 aliphatic carbocycles. The lowest BCUT2D eigenvalue weighted by molar-refractivity contribution is 0.102. The monoisotopic (exact) mass is 287 g/mol. The van der Waals surface area contributed by atoms with Gasteiger partial charge in [0.15, 0.2) is 0 Å². The van der Waals surface area contributed by atoms with Gasteiger partial charge in [0.2, 0.25) is 0 Å². The highest BCUT2D eigenvalue weighted by molar-refractivity contribution is 6.09. The van der Waals surface area contributed by atoms with E-state index in [-0.39, 0.29) is 5.91 Å². The second-order valence-electron chi connectivity index (χ2n) is 5.16. The van der Waals surface area contributed by atoms with Crippen LogP contribution < -0.4 is 5.32 Å². The first-order valence-corrected chi connectivity index (χ1v) is 7.03. The number of para-hydroxylation sites is 1. The van der Waals surface area contributed by atoms with Crippen molar-refractivity contribution in [2.45, 2.75) is 0 Å². The SMILES string of the molecule is O=C(Nc1cccc2cn[nH]c12)c1ccc2ccccc2c1. The van der Waals surface area contributed by atoms with Crippen molar-refractivity contribution in [3.05, 3.63) is 72.4 Å². The Morgan fingerprint density at radius 2 is 1.73 bits per heavy atom. The number of aromatic amines is 1. The van der Waals surface area contributed by atoms with Gasteiger partial charge in [0.05, 0.1) is 17.4 Å². The predicted molar refractivity (Wildman–Crippen MR) is 88.0 cm³/mol. The van der Waals surface area contributed by atoms with Crippen LogP contribution in [0.15, 0.2) is 66.9 Å². The molecule has 0 aliphatic rings. The molecule has 0 spiro atoms. The summed E-state index contributed by atoms with van der Waals surface area (Å²) in [6.07, 6.45) is 1.74. The molecule has 4 heteroatoms. The number of benzene rings is 3. The zero-order valence-corrected chi connectivity index (χ0v) is 11.7. The van der Waals surface area contributed by atoms with Crippen molar-refractivity contribution in [3.8, 4) is 0 Å². The van der Waals surface area contributed by atoms with Crippen LogP contribution in [0.5, 0.6) is 0 Å². The van der Waals surface area contributed by atoms with E-state index in [9.17, 15) is 4.79 Å². The van der Waals surface area contributed by atoms with Crippen LogP contribution in [0.1, 0.15) is 10.4 Å². The average Bonchev–Trinajstić information content (AvgIpc) is 3.04. The third-order valence-corrected chi connectivity index (χ3v) is 3.74. The summed E-state index contributed by atoms with van der Waals surface area (Å²) in [7, 11) is 0. The first-order valence-electron chi connectivity index (χ1n) is 7.03. The number of hydrogen-bond acceptors (Lipinski definition) is 2. The van der Waals surface area contributed by atoms with Crippen molar-refractivity contribution >= 4 is 33.3 Å². The zero-order chi connectivity index (χ0) is 14.9. The van der Waals surface area contributed by atoms with Gasteiger partial charge < -0.3 is 5.32 Å². The number of H-pyrrole nitrogens is 1. The lowest BCUT2D eigenvalue weighted by Crippen LogP contribution is -2.12. The van der Waals surface area contributed by atoms with E-state index in [4.69, 9.17) is 0 Å². The zero-order valence-electron chi connectivity index (χ0n) is 11.7. The molecule has 0 saturated heterocycles. The fourth-order valence-corrected chi connectivity index (χ4v) is 2.60. The summed E-state index contributed by atoms with van der Waals surface area (Å²) in [6, 6.07) is 19.4. The van der Waals surface area contributed by atoms with Gasteiger partial charge in [0.1, 0.15) is 0 Å². The highest BCUT2D eigenvalue weighted by Gasteiger charge is 2.09. The lowest BCUT2D eigenvalue weighted by Gasteiger charge is -2.07. The Labute approximate surface area is 126 Å². The van der Waals surface area contributed by atoms with Crippen molar-refractivity contribution in [2.75, 3.05) is 5.32 Å². The first kappa shape index (κ1) is 12.6. The maximum Gasteiger partial charge on any atom is 0.255 e. The second-order valence-corrected chi connectivity index (χ2v) is 5.16. The molecule has 1 heterocycles. The maximum absolute atomic E-state index is 12.5. The summed E-state index contributed by atoms with van der Waals surface area (Å²) >= 11 is 0. The third kappa shape index (κ3) is 2.11. The molecule has 0 aliphatic heterocycles. The van der Waals surface area contributed by atoms with Crippen LogP contribution in [0.4, 0.5) is 5.69 Å². The van der Waals surface area contributed by atoms with Gasteiger partial charge in [-0.05, 0) is 29.0 Å². The van der Waals surface area contributed by atoms with Gasteiger partial charge in [0.25, 0.3) is 5.91 Å². The van der Waals surface area contributed by atoms with E-state index in [0.717, 1.165) is 27.4 Å². The maximum atomic E-state index is 12.5. The van der Waals surface area contributed by atoms with Gasteiger partial charge in [0, 0.05) is 10.9 Å². The quantitative estimate of drug-likeness (QED) is 0.586. The molecule has 1 aromatic heterocycles. The second kappa shape index (κ2) is 5.00. The van der Waals surface area contributed by atoms with Gasteiger partial charge in [-0.25, -0.2) is 0 Å². The molecule has 0 atom stereocenters. The summed E-state index contributed by atoms with van der Waals surface area (Å²) in [5.74, 6) is -0.132. The van der Waals surface area contributed by atoms with Crippen LogP contribution in [-0.2, 0) is 0 Å². The van der Waals surface area contributed by atoms with Crippen molar-refractivity contribution in [1.29, 1.82) is 0 Å². The molecule has 0 unspecified atom stereocenters. The number of anilines is 1. The lowest BCUT2D eigenvalue weighted by atomic mass is 10.1. The van der Waals surface area contributed by atoms with Crippen molar-refractivity contribution in [2.24, 2.45) is 0 Å². The number of rotatable bonds is 2. The van der Waals surface area contributed by atoms with Crippen LogP contribution >= 0.6 is 0 Å². The molecule has 2 N–H and O–H groups in total. The predicted octanol–water partition coefficient (Wildman–Crippen LogP) is 3.97. The van der Waals surface area contributed by atoms with Crippen LogP contribution in [0, 0.1) is 0 Å². The minimum atomic E-state index is -0.132. The number of carbonyl (C=O) groups is 1. The van der Waals surface area contributed by atoms with E-state index >= 15 is 0 Å². The number of fused-ring (bicyclic) bond motifs is 2. The Morgan fingerprint density at radius 3 is 2.64 bits per heavy atom. The van der Waals surface area contributed by atoms with E-state index in [1.807, 2.05) is 60.7 Å². The van der Waals surface area contributed by atoms with Gasteiger partial charge in [-0.15, -0.1) is 0 Å². The van der Waals surface area contributed by atoms with Gasteiger partial charge in [-0.3, -0.25) is 9.89 Å². The fourth-order valence-electron chi connectivity index (χ4n) is 2.60. The molecule has 0 saturated carbocycles. The summed E-state index contributed by atoms with van der Waals surface area (Å²) < 4.78 is 0. The van der Waals surface area contributed by atoms with Crippen molar-refractivity contribution in [3.63, 3.8) is 0 Å². The van der Waals surface area contributed by atoms with Crippen LogP contribution in [0.3, 0.4) is 0 Å².